The third kappa shape index (κ3) is 2.91. The first kappa shape index (κ1) is 15.1. The van der Waals surface area contributed by atoms with Gasteiger partial charge in [-0.1, -0.05) is 0 Å². The van der Waals surface area contributed by atoms with Gasteiger partial charge in [0.1, 0.15) is 11.9 Å². The molecular weight excluding hydrogens is 287 g/mol. The molecule has 0 bridgehead atoms. The SMILES string of the molecule is Cc1ccc(C#N)c(N2C[C@@H](C(F)(F)F)[C@H](C(=O)O)C2)n1. The highest BCUT2D eigenvalue weighted by atomic mass is 19.4. The molecule has 0 amide bonds. The van der Waals surface area contributed by atoms with E-state index in [0.29, 0.717) is 5.69 Å². The monoisotopic (exact) mass is 299 g/mol. The van der Waals surface area contributed by atoms with Crippen LogP contribution in [0.25, 0.3) is 0 Å². The summed E-state index contributed by atoms with van der Waals surface area (Å²) < 4.78 is 38.8. The summed E-state index contributed by atoms with van der Waals surface area (Å²) in [5.74, 6) is -4.91. The Morgan fingerprint density at radius 2 is 2.14 bits per heavy atom. The molecule has 1 N–H and O–H groups in total. The molecule has 2 rings (SSSR count). The number of aryl methyl sites for hydroxylation is 1. The molecule has 8 heteroatoms. The minimum absolute atomic E-state index is 0.107. The van der Waals surface area contributed by atoms with Crippen LogP contribution in [-0.4, -0.2) is 35.3 Å². The summed E-state index contributed by atoms with van der Waals surface area (Å²) in [5.41, 5.74) is 0.680. The lowest BCUT2D eigenvalue weighted by molar-refractivity contribution is -0.187. The lowest BCUT2D eigenvalue weighted by Crippen LogP contribution is -2.33. The summed E-state index contributed by atoms with van der Waals surface area (Å²) in [6.45, 7) is 0.826. The van der Waals surface area contributed by atoms with Gasteiger partial charge in [-0.3, -0.25) is 4.79 Å². The maximum Gasteiger partial charge on any atom is 0.394 e. The lowest BCUT2D eigenvalue weighted by Gasteiger charge is -2.20. The average molecular weight is 299 g/mol. The Hall–Kier alpha value is -2.30. The Balaban J connectivity index is 2.38. The van der Waals surface area contributed by atoms with Crippen LogP contribution >= 0.6 is 0 Å². The molecule has 0 unspecified atom stereocenters. The zero-order valence-electron chi connectivity index (χ0n) is 11.1. The van der Waals surface area contributed by atoms with Crippen molar-refractivity contribution in [3.05, 3.63) is 23.4 Å². The zero-order valence-corrected chi connectivity index (χ0v) is 11.1. The number of pyridine rings is 1. The van der Waals surface area contributed by atoms with Crippen molar-refractivity contribution in [2.45, 2.75) is 13.1 Å². The molecule has 0 spiro atoms. The van der Waals surface area contributed by atoms with Gasteiger partial charge < -0.3 is 10.0 Å². The van der Waals surface area contributed by atoms with Crippen molar-refractivity contribution in [1.82, 2.24) is 4.98 Å². The first-order chi connectivity index (χ1) is 9.74. The number of carboxylic acid groups (broad SMARTS) is 1. The van der Waals surface area contributed by atoms with Crippen LogP contribution < -0.4 is 4.90 Å². The summed E-state index contributed by atoms with van der Waals surface area (Å²) in [5, 5.41) is 18.0. The van der Waals surface area contributed by atoms with E-state index in [1.165, 1.54) is 11.0 Å². The maximum atomic E-state index is 12.9. The molecular formula is C13H12F3N3O2. The van der Waals surface area contributed by atoms with Crippen molar-refractivity contribution < 1.29 is 23.1 Å². The van der Waals surface area contributed by atoms with E-state index in [4.69, 9.17) is 10.4 Å². The molecule has 1 aromatic rings. The van der Waals surface area contributed by atoms with E-state index in [1.807, 2.05) is 6.07 Å². The molecule has 112 valence electrons. The highest BCUT2D eigenvalue weighted by molar-refractivity contribution is 5.73. The van der Waals surface area contributed by atoms with Gasteiger partial charge in [0.15, 0.2) is 0 Å². The molecule has 2 atom stereocenters. The molecule has 5 nitrogen and oxygen atoms in total. The number of hydrogen-bond donors (Lipinski definition) is 1. The average Bonchev–Trinajstić information content (AvgIpc) is 2.83. The number of nitriles is 1. The zero-order chi connectivity index (χ0) is 15.8. The van der Waals surface area contributed by atoms with Gasteiger partial charge in [0.2, 0.25) is 0 Å². The van der Waals surface area contributed by atoms with Crippen LogP contribution in [0.5, 0.6) is 0 Å². The fraction of sp³-hybridized carbons (Fsp3) is 0.462. The van der Waals surface area contributed by atoms with Crippen LogP contribution in [0.15, 0.2) is 12.1 Å². The van der Waals surface area contributed by atoms with Crippen molar-refractivity contribution in [3.63, 3.8) is 0 Å². The Morgan fingerprint density at radius 1 is 1.48 bits per heavy atom. The van der Waals surface area contributed by atoms with E-state index < -0.39 is 30.5 Å². The number of halogens is 3. The number of aliphatic carboxylic acids is 1. The van der Waals surface area contributed by atoms with Crippen LogP contribution in [0.2, 0.25) is 0 Å². The molecule has 0 saturated carbocycles. The van der Waals surface area contributed by atoms with Gasteiger partial charge in [0, 0.05) is 18.8 Å². The van der Waals surface area contributed by atoms with Gasteiger partial charge in [-0.25, -0.2) is 4.98 Å². The van der Waals surface area contributed by atoms with Gasteiger partial charge in [-0.2, -0.15) is 18.4 Å². The molecule has 1 aromatic heterocycles. The molecule has 0 radical (unpaired) electrons. The third-order valence-corrected chi connectivity index (χ3v) is 3.49. The summed E-state index contributed by atoms with van der Waals surface area (Å²) >= 11 is 0. The second kappa shape index (κ2) is 5.24. The molecule has 2 heterocycles. The predicted molar refractivity (Wildman–Crippen MR) is 66.6 cm³/mol. The molecule has 1 aliphatic heterocycles. The number of alkyl halides is 3. The van der Waals surface area contributed by atoms with Crippen LogP contribution in [0, 0.1) is 30.1 Å². The minimum atomic E-state index is -4.60. The number of anilines is 1. The number of nitrogens with zero attached hydrogens (tertiary/aromatic N) is 3. The molecule has 21 heavy (non-hydrogen) atoms. The smallest absolute Gasteiger partial charge is 0.394 e. The van der Waals surface area contributed by atoms with Crippen molar-refractivity contribution >= 4 is 11.8 Å². The molecule has 0 aromatic carbocycles. The summed E-state index contributed by atoms with van der Waals surface area (Å²) in [6, 6.07) is 4.91. The highest BCUT2D eigenvalue weighted by Gasteiger charge is 2.53. The first-order valence-electron chi connectivity index (χ1n) is 6.16. The van der Waals surface area contributed by atoms with Gasteiger partial charge >= 0.3 is 12.1 Å². The van der Waals surface area contributed by atoms with E-state index in [9.17, 15) is 18.0 Å². The first-order valence-corrected chi connectivity index (χ1v) is 6.16. The van der Waals surface area contributed by atoms with Gasteiger partial charge in [-0.05, 0) is 19.1 Å². The van der Waals surface area contributed by atoms with Gasteiger partial charge in [0.05, 0.1) is 17.4 Å². The third-order valence-electron chi connectivity index (χ3n) is 3.49. The minimum Gasteiger partial charge on any atom is -0.481 e. The largest absolute Gasteiger partial charge is 0.481 e. The second-order valence-electron chi connectivity index (χ2n) is 4.93. The predicted octanol–water partition coefficient (Wildman–Crippen LogP) is 1.96. The van der Waals surface area contributed by atoms with Crippen molar-refractivity contribution in [2.75, 3.05) is 18.0 Å². The topological polar surface area (TPSA) is 77.2 Å². The van der Waals surface area contributed by atoms with Crippen LogP contribution in [0.3, 0.4) is 0 Å². The molecule has 1 aliphatic rings. The Labute approximate surface area is 118 Å². The van der Waals surface area contributed by atoms with E-state index in [1.54, 1.807) is 13.0 Å². The van der Waals surface area contributed by atoms with Crippen LogP contribution in [-0.2, 0) is 4.79 Å². The normalized spacial score (nSPS) is 22.1. The molecule has 1 fully saturated rings. The standard InChI is InChI=1S/C13H12F3N3O2/c1-7-2-3-8(4-17)11(18-7)19-5-9(12(20)21)10(6-19)13(14,15)16/h2-3,9-10H,5-6H2,1H3,(H,20,21)/t9-,10-/m1/s1. The number of hydrogen-bond acceptors (Lipinski definition) is 4. The quantitative estimate of drug-likeness (QED) is 0.903. The number of rotatable bonds is 2. The van der Waals surface area contributed by atoms with E-state index in [2.05, 4.69) is 4.98 Å². The number of carboxylic acids is 1. The van der Waals surface area contributed by atoms with Crippen molar-refractivity contribution in [1.29, 1.82) is 5.26 Å². The summed E-state index contributed by atoms with van der Waals surface area (Å²) in [7, 11) is 0. The number of carbonyl (C=O) groups is 1. The molecule has 1 saturated heterocycles. The Bertz CT molecular complexity index is 610. The van der Waals surface area contributed by atoms with Crippen LogP contribution in [0.4, 0.5) is 19.0 Å². The summed E-state index contributed by atoms with van der Waals surface area (Å²) in [6.07, 6.45) is -4.60. The fourth-order valence-electron chi connectivity index (χ4n) is 2.43. The van der Waals surface area contributed by atoms with Gasteiger partial charge in [-0.15, -0.1) is 0 Å². The molecule has 0 aliphatic carbocycles. The number of aromatic nitrogens is 1. The van der Waals surface area contributed by atoms with E-state index in [0.717, 1.165) is 0 Å². The second-order valence-corrected chi connectivity index (χ2v) is 4.93. The highest BCUT2D eigenvalue weighted by Crippen LogP contribution is 2.39. The van der Waals surface area contributed by atoms with Crippen molar-refractivity contribution in [3.8, 4) is 6.07 Å². The maximum absolute atomic E-state index is 12.9. The van der Waals surface area contributed by atoms with E-state index >= 15 is 0 Å². The van der Waals surface area contributed by atoms with Crippen molar-refractivity contribution in [2.24, 2.45) is 11.8 Å². The fourth-order valence-corrected chi connectivity index (χ4v) is 2.43. The van der Waals surface area contributed by atoms with Gasteiger partial charge in [0.25, 0.3) is 0 Å². The van der Waals surface area contributed by atoms with Crippen LogP contribution in [0.1, 0.15) is 11.3 Å². The Kier molecular flexibility index (Phi) is 3.77. The lowest BCUT2D eigenvalue weighted by atomic mass is 9.96. The Morgan fingerprint density at radius 3 is 2.62 bits per heavy atom. The summed E-state index contributed by atoms with van der Waals surface area (Å²) in [4.78, 5) is 16.3. The van der Waals surface area contributed by atoms with E-state index in [-0.39, 0.29) is 17.9 Å².